The first-order chi connectivity index (χ1) is 20.2. The molecule has 0 saturated heterocycles. The first-order valence-corrected chi connectivity index (χ1v) is 16.1. The van der Waals surface area contributed by atoms with Crippen LogP contribution in [0, 0.1) is 5.92 Å². The summed E-state index contributed by atoms with van der Waals surface area (Å²) in [6.07, 6.45) is 1.17. The molecule has 6 aromatic rings. The largest absolute Gasteiger partial charge is 0.340 e. The highest BCUT2D eigenvalue weighted by atomic mass is 15.0. The van der Waals surface area contributed by atoms with Crippen molar-refractivity contribution in [3.8, 4) is 0 Å². The topological polar surface area (TPSA) is 9.86 Å². The van der Waals surface area contributed by atoms with Crippen molar-refractivity contribution in [2.75, 3.05) is 0 Å². The van der Waals surface area contributed by atoms with Crippen LogP contribution in [-0.2, 0) is 13.1 Å². The van der Waals surface area contributed by atoms with Gasteiger partial charge in [-0.15, -0.1) is 0 Å². The molecule has 0 spiro atoms. The molecule has 0 saturated carbocycles. The molecule has 0 radical (unpaired) electrons. The Morgan fingerprint density at radius 3 is 0.976 bits per heavy atom. The van der Waals surface area contributed by atoms with E-state index in [0.29, 0.717) is 5.92 Å². The normalized spacial score (nSPS) is 9.85. The third kappa shape index (κ3) is 8.49. The van der Waals surface area contributed by atoms with Gasteiger partial charge in [-0.1, -0.05) is 149 Å². The van der Waals surface area contributed by atoms with Gasteiger partial charge in [0.05, 0.1) is 0 Å². The van der Waals surface area contributed by atoms with E-state index in [9.17, 15) is 0 Å². The van der Waals surface area contributed by atoms with Gasteiger partial charge < -0.3 is 9.13 Å². The van der Waals surface area contributed by atoms with Gasteiger partial charge in [-0.25, -0.2) is 0 Å². The van der Waals surface area contributed by atoms with Crippen LogP contribution in [-0.4, -0.2) is 9.13 Å². The summed E-state index contributed by atoms with van der Waals surface area (Å²) in [5.74, 6) is 0.661. The highest BCUT2D eigenvalue weighted by molar-refractivity contribution is 6.08. The second-order valence-corrected chi connectivity index (χ2v) is 9.22. The van der Waals surface area contributed by atoms with Crippen LogP contribution < -0.4 is 0 Å². The number of hydrogen-bond acceptors (Lipinski definition) is 0. The van der Waals surface area contributed by atoms with Gasteiger partial charge in [-0.2, -0.15) is 0 Å². The average molecular weight is 553 g/mol. The maximum absolute atomic E-state index is 2.44. The summed E-state index contributed by atoms with van der Waals surface area (Å²) in [6.45, 7) is 24.9. The summed E-state index contributed by atoms with van der Waals surface area (Å²) < 4.78 is 4.86. The number of nitrogens with zero attached hydrogens (tertiary/aromatic N) is 2. The molecule has 0 aliphatic rings. The van der Waals surface area contributed by atoms with Gasteiger partial charge in [-0.05, 0) is 36.6 Å². The second-order valence-electron chi connectivity index (χ2n) is 9.22. The van der Waals surface area contributed by atoms with Crippen LogP contribution >= 0.6 is 0 Å². The number of hydrogen-bond donors (Lipinski definition) is 0. The van der Waals surface area contributed by atoms with E-state index in [0.717, 1.165) is 13.1 Å². The van der Waals surface area contributed by atoms with Crippen LogP contribution in [0.15, 0.2) is 97.1 Å². The summed E-state index contributed by atoms with van der Waals surface area (Å²) in [5.41, 5.74) is 5.40. The Hall–Kier alpha value is -3.52. The first kappa shape index (κ1) is 35.5. The molecular weight excluding hydrogens is 496 g/mol. The van der Waals surface area contributed by atoms with Crippen LogP contribution in [0.2, 0.25) is 0 Å². The number of rotatable bonds is 4. The van der Waals surface area contributed by atoms with Gasteiger partial charge in [0, 0.05) is 56.7 Å². The minimum absolute atomic E-state index is 0.661. The number of aryl methyl sites for hydroxylation is 1. The lowest BCUT2D eigenvalue weighted by molar-refractivity contribution is 0.545. The molecule has 0 amide bonds. The van der Waals surface area contributed by atoms with E-state index in [1.807, 2.05) is 55.4 Å². The first-order valence-electron chi connectivity index (χ1n) is 16.1. The maximum atomic E-state index is 2.44. The molecular formula is C39H56N2. The third-order valence-electron chi connectivity index (χ3n) is 6.35. The number of aromatic nitrogens is 2. The van der Waals surface area contributed by atoms with Crippen molar-refractivity contribution in [2.24, 2.45) is 5.92 Å². The standard InChI is InChI=1S/C16H17N.C15H15N.4C2H6/c1-12(2)11-17-15-9-5-3-7-13(15)14-8-4-6-10-16(14)17;1-2-11-16-14-9-5-3-7-12(14)13-8-4-6-10-15(13)16;4*1-2/h3-10,12H,11H2,1-2H3;3-10H,2,11H2,1H3;4*1-2H3. The average Bonchev–Trinajstić information content (AvgIpc) is 3.54. The summed E-state index contributed by atoms with van der Waals surface area (Å²) in [6, 6.07) is 34.7. The van der Waals surface area contributed by atoms with Gasteiger partial charge in [-0.3, -0.25) is 0 Å². The van der Waals surface area contributed by atoms with E-state index >= 15 is 0 Å². The van der Waals surface area contributed by atoms with Crippen LogP contribution in [0.3, 0.4) is 0 Å². The van der Waals surface area contributed by atoms with Gasteiger partial charge >= 0.3 is 0 Å². The van der Waals surface area contributed by atoms with E-state index in [-0.39, 0.29) is 0 Å². The molecule has 2 heteroatoms. The molecule has 0 atom stereocenters. The molecule has 0 fully saturated rings. The predicted octanol–water partition coefficient (Wildman–Crippen LogP) is 12.8. The highest BCUT2D eigenvalue weighted by Gasteiger charge is 2.10. The van der Waals surface area contributed by atoms with Crippen LogP contribution in [0.4, 0.5) is 0 Å². The Morgan fingerprint density at radius 1 is 0.439 bits per heavy atom. The molecule has 0 aliphatic heterocycles. The predicted molar refractivity (Wildman–Crippen MR) is 189 cm³/mol. The minimum Gasteiger partial charge on any atom is -0.340 e. The molecule has 41 heavy (non-hydrogen) atoms. The molecule has 0 aliphatic carbocycles. The summed E-state index contributed by atoms with van der Waals surface area (Å²) in [7, 11) is 0. The zero-order valence-electron chi connectivity index (χ0n) is 27.8. The van der Waals surface area contributed by atoms with Gasteiger partial charge in [0.15, 0.2) is 0 Å². The van der Waals surface area contributed by atoms with E-state index in [1.165, 1.54) is 50.0 Å². The Morgan fingerprint density at radius 2 is 0.707 bits per heavy atom. The quantitative estimate of drug-likeness (QED) is 0.206. The number of para-hydroxylation sites is 4. The van der Waals surface area contributed by atoms with Crippen molar-refractivity contribution in [1.29, 1.82) is 0 Å². The van der Waals surface area contributed by atoms with Crippen LogP contribution in [0.5, 0.6) is 0 Å². The smallest absolute Gasteiger partial charge is 0.0491 e. The van der Waals surface area contributed by atoms with Crippen LogP contribution in [0.1, 0.15) is 82.6 Å². The molecule has 4 aromatic carbocycles. The molecule has 222 valence electrons. The van der Waals surface area contributed by atoms with Crippen molar-refractivity contribution in [3.05, 3.63) is 97.1 Å². The highest BCUT2D eigenvalue weighted by Crippen LogP contribution is 2.30. The summed E-state index contributed by atoms with van der Waals surface area (Å²) in [5, 5.41) is 5.46. The summed E-state index contributed by atoms with van der Waals surface area (Å²) >= 11 is 0. The number of fused-ring (bicyclic) bond motifs is 6. The van der Waals surface area contributed by atoms with Gasteiger partial charge in [0.1, 0.15) is 0 Å². The summed E-state index contributed by atoms with van der Waals surface area (Å²) in [4.78, 5) is 0. The van der Waals surface area contributed by atoms with Crippen molar-refractivity contribution in [1.82, 2.24) is 9.13 Å². The van der Waals surface area contributed by atoms with Gasteiger partial charge in [0.2, 0.25) is 0 Å². The van der Waals surface area contributed by atoms with Gasteiger partial charge in [0.25, 0.3) is 0 Å². The molecule has 2 nitrogen and oxygen atoms in total. The van der Waals surface area contributed by atoms with Crippen molar-refractivity contribution in [3.63, 3.8) is 0 Å². The zero-order chi connectivity index (χ0) is 30.8. The third-order valence-corrected chi connectivity index (χ3v) is 6.35. The molecule has 2 heterocycles. The molecule has 0 unspecified atom stereocenters. The van der Waals surface area contributed by atoms with E-state index < -0.39 is 0 Å². The van der Waals surface area contributed by atoms with Crippen molar-refractivity contribution >= 4 is 43.6 Å². The fraction of sp³-hybridized carbons (Fsp3) is 0.385. The molecule has 0 N–H and O–H groups in total. The Kier molecular flexibility index (Phi) is 16.9. The molecule has 2 aromatic heterocycles. The van der Waals surface area contributed by atoms with E-state index in [4.69, 9.17) is 0 Å². The number of benzene rings is 4. The fourth-order valence-corrected chi connectivity index (χ4v) is 5.03. The lowest BCUT2D eigenvalue weighted by Crippen LogP contribution is -2.03. The molecule has 0 bridgehead atoms. The minimum atomic E-state index is 0.661. The Labute approximate surface area is 251 Å². The zero-order valence-corrected chi connectivity index (χ0v) is 27.8. The van der Waals surface area contributed by atoms with Crippen molar-refractivity contribution < 1.29 is 0 Å². The monoisotopic (exact) mass is 552 g/mol. The lowest BCUT2D eigenvalue weighted by atomic mass is 10.2. The maximum Gasteiger partial charge on any atom is 0.0491 e. The second kappa shape index (κ2) is 19.5. The Balaban J connectivity index is 0.000000331. The van der Waals surface area contributed by atoms with E-state index in [2.05, 4.69) is 127 Å². The molecule has 6 rings (SSSR count). The fourth-order valence-electron chi connectivity index (χ4n) is 5.03. The van der Waals surface area contributed by atoms with Crippen LogP contribution in [0.25, 0.3) is 43.6 Å². The SMILES string of the molecule is CC.CC.CC.CC.CC(C)Cn1c2ccccc2c2ccccc21.CCCn1c2ccccc2c2ccccc21. The van der Waals surface area contributed by atoms with Crippen molar-refractivity contribution in [2.45, 2.75) is 95.7 Å². The Bertz CT molecular complexity index is 1430. The lowest BCUT2D eigenvalue weighted by Gasteiger charge is -2.09. The van der Waals surface area contributed by atoms with E-state index in [1.54, 1.807) is 0 Å².